The molecule has 1 aliphatic carbocycles. The van der Waals surface area contributed by atoms with Crippen LogP contribution in [0.1, 0.15) is 38.3 Å². The number of para-hydroxylation sites is 1. The summed E-state index contributed by atoms with van der Waals surface area (Å²) in [5.41, 5.74) is 4.02. The van der Waals surface area contributed by atoms with Gasteiger partial charge in [0.2, 0.25) is 0 Å². The average molecular weight is 314 g/mol. The molecule has 24 heavy (non-hydrogen) atoms. The van der Waals surface area contributed by atoms with Crippen LogP contribution in [0.3, 0.4) is 0 Å². The third-order valence-corrected chi connectivity index (χ3v) is 5.80. The monoisotopic (exact) mass is 314 g/mol. The number of hydrogen-bond donors (Lipinski definition) is 0. The van der Waals surface area contributed by atoms with E-state index in [1.165, 1.54) is 53.1 Å². The molecule has 0 unspecified atom stereocenters. The lowest BCUT2D eigenvalue weighted by molar-refractivity contribution is 0.331. The highest BCUT2D eigenvalue weighted by molar-refractivity contribution is 6.11. The van der Waals surface area contributed by atoms with Crippen LogP contribution in [-0.2, 0) is 6.42 Å². The minimum absolute atomic E-state index is 0.434. The van der Waals surface area contributed by atoms with Crippen molar-refractivity contribution in [2.75, 3.05) is 0 Å². The predicted molar refractivity (Wildman–Crippen MR) is 100 cm³/mol. The molecular weight excluding hydrogens is 292 g/mol. The summed E-state index contributed by atoms with van der Waals surface area (Å²) in [4.78, 5) is 5.06. The molecule has 2 nitrogen and oxygen atoms in total. The molecule has 0 saturated heterocycles. The fraction of sp³-hybridized carbons (Fsp3) is 0.318. The van der Waals surface area contributed by atoms with Crippen LogP contribution >= 0.6 is 0 Å². The average Bonchev–Trinajstić information content (AvgIpc) is 3.22. The standard InChI is InChI=1S/C22H22N2/c1-22(12-6-7-13-22)14-16-15-24-20-11-5-4-9-18(20)17-8-2-3-10-19(17)21(24)23-16/h2-5,8-11,15H,6-7,12-14H2,1H3. The maximum Gasteiger partial charge on any atom is 0.145 e. The molecule has 0 aliphatic heterocycles. The summed E-state index contributed by atoms with van der Waals surface area (Å²) >= 11 is 0. The smallest absolute Gasteiger partial charge is 0.145 e. The van der Waals surface area contributed by atoms with E-state index in [1.807, 2.05) is 0 Å². The number of hydrogen-bond acceptors (Lipinski definition) is 1. The van der Waals surface area contributed by atoms with Crippen molar-refractivity contribution >= 4 is 27.3 Å². The number of aromatic nitrogens is 2. The Morgan fingerprint density at radius 2 is 1.58 bits per heavy atom. The number of imidazole rings is 1. The van der Waals surface area contributed by atoms with Gasteiger partial charge in [0, 0.05) is 17.0 Å². The Morgan fingerprint density at radius 3 is 2.38 bits per heavy atom. The van der Waals surface area contributed by atoms with Crippen LogP contribution in [0, 0.1) is 5.41 Å². The van der Waals surface area contributed by atoms with Gasteiger partial charge in [0.15, 0.2) is 0 Å². The minimum Gasteiger partial charge on any atom is -0.299 e. The summed E-state index contributed by atoms with van der Waals surface area (Å²) in [6.07, 6.45) is 8.78. The summed E-state index contributed by atoms with van der Waals surface area (Å²) in [6, 6.07) is 17.3. The van der Waals surface area contributed by atoms with E-state index in [-0.39, 0.29) is 0 Å². The van der Waals surface area contributed by atoms with E-state index in [9.17, 15) is 0 Å². The van der Waals surface area contributed by atoms with Crippen LogP contribution in [0.5, 0.6) is 0 Å². The fourth-order valence-electron chi connectivity index (χ4n) is 4.55. The second-order valence-electron chi connectivity index (χ2n) is 7.68. The van der Waals surface area contributed by atoms with Crippen molar-refractivity contribution in [2.45, 2.75) is 39.0 Å². The largest absolute Gasteiger partial charge is 0.299 e. The molecule has 1 fully saturated rings. The third-order valence-electron chi connectivity index (χ3n) is 5.80. The van der Waals surface area contributed by atoms with E-state index in [0.29, 0.717) is 5.41 Å². The van der Waals surface area contributed by atoms with Crippen LogP contribution in [-0.4, -0.2) is 9.38 Å². The fourth-order valence-corrected chi connectivity index (χ4v) is 4.55. The molecule has 0 amide bonds. The highest BCUT2D eigenvalue weighted by Crippen LogP contribution is 2.40. The molecule has 0 radical (unpaired) electrons. The lowest BCUT2D eigenvalue weighted by atomic mass is 9.84. The first-order valence-corrected chi connectivity index (χ1v) is 9.01. The van der Waals surface area contributed by atoms with Crippen LogP contribution in [0.25, 0.3) is 27.3 Å². The lowest BCUT2D eigenvalue weighted by Crippen LogP contribution is -2.14. The quantitative estimate of drug-likeness (QED) is 0.430. The van der Waals surface area contributed by atoms with Crippen LogP contribution in [0.15, 0.2) is 54.7 Å². The van der Waals surface area contributed by atoms with Gasteiger partial charge in [0.05, 0.1) is 11.2 Å². The molecule has 2 heteroatoms. The van der Waals surface area contributed by atoms with Gasteiger partial charge in [-0.15, -0.1) is 0 Å². The van der Waals surface area contributed by atoms with Gasteiger partial charge in [0.25, 0.3) is 0 Å². The van der Waals surface area contributed by atoms with Gasteiger partial charge in [-0.2, -0.15) is 0 Å². The van der Waals surface area contributed by atoms with Crippen molar-refractivity contribution in [3.63, 3.8) is 0 Å². The summed E-state index contributed by atoms with van der Waals surface area (Å²) in [7, 11) is 0. The Labute approximate surface area is 142 Å². The Hall–Kier alpha value is -2.35. The van der Waals surface area contributed by atoms with Crippen molar-refractivity contribution in [1.29, 1.82) is 0 Å². The van der Waals surface area contributed by atoms with Crippen molar-refractivity contribution in [3.05, 3.63) is 60.4 Å². The van der Waals surface area contributed by atoms with Gasteiger partial charge in [-0.05, 0) is 36.1 Å². The molecule has 0 atom stereocenters. The maximum absolute atomic E-state index is 5.06. The van der Waals surface area contributed by atoms with Crippen LogP contribution in [0.4, 0.5) is 0 Å². The second kappa shape index (κ2) is 5.07. The second-order valence-corrected chi connectivity index (χ2v) is 7.68. The number of benzene rings is 2. The molecule has 120 valence electrons. The van der Waals surface area contributed by atoms with Crippen LogP contribution < -0.4 is 0 Å². The van der Waals surface area contributed by atoms with Gasteiger partial charge in [-0.1, -0.05) is 62.2 Å². The summed E-state index contributed by atoms with van der Waals surface area (Å²) in [5.74, 6) is 0. The molecule has 2 heterocycles. The predicted octanol–water partition coefficient (Wildman–Crippen LogP) is 5.76. The maximum atomic E-state index is 5.06. The minimum atomic E-state index is 0.434. The first-order chi connectivity index (χ1) is 11.7. The zero-order valence-electron chi connectivity index (χ0n) is 14.1. The zero-order valence-corrected chi connectivity index (χ0v) is 14.1. The molecule has 2 aromatic heterocycles. The van der Waals surface area contributed by atoms with E-state index >= 15 is 0 Å². The van der Waals surface area contributed by atoms with Gasteiger partial charge in [0.1, 0.15) is 5.65 Å². The van der Waals surface area contributed by atoms with Crippen molar-refractivity contribution in [1.82, 2.24) is 9.38 Å². The summed E-state index contributed by atoms with van der Waals surface area (Å²) in [5, 5.41) is 3.85. The van der Waals surface area contributed by atoms with Crippen LogP contribution in [0.2, 0.25) is 0 Å². The zero-order chi connectivity index (χ0) is 16.1. The van der Waals surface area contributed by atoms with Gasteiger partial charge >= 0.3 is 0 Å². The Kier molecular flexibility index (Phi) is 2.97. The summed E-state index contributed by atoms with van der Waals surface area (Å²) < 4.78 is 2.30. The molecule has 0 spiro atoms. The van der Waals surface area contributed by atoms with E-state index < -0.39 is 0 Å². The molecule has 1 aliphatic rings. The molecule has 4 aromatic rings. The number of rotatable bonds is 2. The van der Waals surface area contributed by atoms with Crippen molar-refractivity contribution in [2.24, 2.45) is 5.41 Å². The van der Waals surface area contributed by atoms with E-state index in [4.69, 9.17) is 4.98 Å². The van der Waals surface area contributed by atoms with Gasteiger partial charge < -0.3 is 0 Å². The Balaban J connectivity index is 1.79. The molecule has 1 saturated carbocycles. The normalized spacial score (nSPS) is 17.2. The van der Waals surface area contributed by atoms with Gasteiger partial charge in [-0.3, -0.25) is 4.40 Å². The number of pyridine rings is 1. The summed E-state index contributed by atoms with van der Waals surface area (Å²) in [6.45, 7) is 2.43. The van der Waals surface area contributed by atoms with E-state index in [2.05, 4.69) is 66.1 Å². The molecule has 5 rings (SSSR count). The van der Waals surface area contributed by atoms with Crippen molar-refractivity contribution in [3.8, 4) is 0 Å². The van der Waals surface area contributed by atoms with Gasteiger partial charge in [-0.25, -0.2) is 4.98 Å². The molecule has 0 bridgehead atoms. The lowest BCUT2D eigenvalue weighted by Gasteiger charge is -2.21. The first kappa shape index (κ1) is 14.0. The number of nitrogens with zero attached hydrogens (tertiary/aromatic N) is 2. The molecular formula is C22H22N2. The molecule has 2 aromatic carbocycles. The Morgan fingerprint density at radius 1 is 0.917 bits per heavy atom. The SMILES string of the molecule is CC1(Cc2cn3c4ccccc4c4ccccc4c3n2)CCCC1. The Bertz CT molecular complexity index is 979. The topological polar surface area (TPSA) is 17.3 Å². The highest BCUT2D eigenvalue weighted by atomic mass is 15.0. The molecule has 0 N–H and O–H groups in total. The van der Waals surface area contributed by atoms with E-state index in [0.717, 1.165) is 12.1 Å². The number of fused-ring (bicyclic) bond motifs is 6. The first-order valence-electron chi connectivity index (χ1n) is 9.01. The van der Waals surface area contributed by atoms with Crippen molar-refractivity contribution < 1.29 is 0 Å². The highest BCUT2D eigenvalue weighted by Gasteiger charge is 2.29. The van der Waals surface area contributed by atoms with E-state index in [1.54, 1.807) is 0 Å². The third kappa shape index (κ3) is 2.06.